The maximum Gasteiger partial charge on any atom is 0.563 e. The topological polar surface area (TPSA) is 29.5 Å². The maximum atomic E-state index is 13.7. The van der Waals surface area contributed by atoms with Crippen LogP contribution in [0.25, 0.3) is 0 Å². The van der Waals surface area contributed by atoms with E-state index in [4.69, 9.17) is 4.65 Å². The second-order valence-corrected chi connectivity index (χ2v) is 7.77. The molecule has 0 atom stereocenters. The Balaban J connectivity index is 1.51. The van der Waals surface area contributed by atoms with Gasteiger partial charge in [-0.05, 0) is 61.3 Å². The monoisotopic (exact) mass is 368 g/mol. The molecule has 4 heteroatoms. The van der Waals surface area contributed by atoms with Crippen molar-refractivity contribution in [3.63, 3.8) is 0 Å². The Morgan fingerprint density at radius 2 is 1.70 bits per heavy atom. The molecule has 1 fully saturated rings. The Morgan fingerprint density at radius 1 is 1.00 bits per heavy atom. The van der Waals surface area contributed by atoms with Crippen molar-refractivity contribution >= 4 is 12.6 Å². The van der Waals surface area contributed by atoms with E-state index >= 15 is 0 Å². The third-order valence-corrected chi connectivity index (χ3v) is 5.83. The zero-order chi connectivity index (χ0) is 19.1. The number of halogens is 1. The van der Waals surface area contributed by atoms with Crippen LogP contribution in [0.3, 0.4) is 0 Å². The minimum absolute atomic E-state index is 0.156. The lowest BCUT2D eigenvalue weighted by atomic mass is 9.77. The summed E-state index contributed by atoms with van der Waals surface area (Å²) in [7, 11) is -1.30. The highest BCUT2D eigenvalue weighted by molar-refractivity contribution is 6.60. The van der Waals surface area contributed by atoms with Gasteiger partial charge in [0.2, 0.25) is 0 Å². The summed E-state index contributed by atoms with van der Waals surface area (Å²) in [5, 5.41) is 10.1. The number of hydrogen-bond acceptors (Lipinski definition) is 2. The van der Waals surface area contributed by atoms with E-state index in [1.807, 2.05) is 12.1 Å². The maximum absolute atomic E-state index is 13.7. The highest BCUT2D eigenvalue weighted by Gasteiger charge is 2.24. The molecule has 0 unspecified atom stereocenters. The largest absolute Gasteiger partial charge is 0.563 e. The standard InChI is InChI=1S/C23H30BFO2/c1-2-3-4-7-18-10-12-19(13-11-18)20-14-16-21(17-15-20)27-24(26)22-8-5-6-9-23(22)25/h5-6,8-9,14-19,26H,2-4,7,10-13H2,1H3. The molecule has 1 N–H and O–H groups in total. The summed E-state index contributed by atoms with van der Waals surface area (Å²) < 4.78 is 19.3. The molecule has 2 aromatic rings. The molecule has 1 saturated carbocycles. The zero-order valence-corrected chi connectivity index (χ0v) is 16.2. The van der Waals surface area contributed by atoms with Gasteiger partial charge in [0, 0.05) is 5.46 Å². The number of hydrogen-bond donors (Lipinski definition) is 1. The van der Waals surface area contributed by atoms with Crippen LogP contribution in [0, 0.1) is 11.7 Å². The summed E-state index contributed by atoms with van der Waals surface area (Å²) >= 11 is 0. The number of benzene rings is 2. The van der Waals surface area contributed by atoms with E-state index in [9.17, 15) is 9.41 Å². The molecule has 0 spiro atoms. The second kappa shape index (κ2) is 9.94. The fourth-order valence-electron chi connectivity index (χ4n) is 4.15. The van der Waals surface area contributed by atoms with Gasteiger partial charge in [-0.2, -0.15) is 0 Å². The van der Waals surface area contributed by atoms with Gasteiger partial charge in [0.05, 0.1) is 0 Å². The van der Waals surface area contributed by atoms with E-state index in [0.29, 0.717) is 11.7 Å². The average molecular weight is 368 g/mol. The third-order valence-electron chi connectivity index (χ3n) is 5.83. The molecule has 0 aliphatic heterocycles. The van der Waals surface area contributed by atoms with Crippen molar-refractivity contribution in [3.8, 4) is 5.75 Å². The summed E-state index contributed by atoms with van der Waals surface area (Å²) in [6, 6.07) is 14.1. The molecule has 3 rings (SSSR count). The van der Waals surface area contributed by atoms with Gasteiger partial charge in [0.15, 0.2) is 0 Å². The molecule has 0 radical (unpaired) electrons. The molecule has 0 bridgehead atoms. The number of rotatable bonds is 8. The first-order valence-corrected chi connectivity index (χ1v) is 10.4. The summed E-state index contributed by atoms with van der Waals surface area (Å²) in [6.45, 7) is 2.26. The van der Waals surface area contributed by atoms with Gasteiger partial charge in [-0.25, -0.2) is 4.39 Å². The predicted octanol–water partition coefficient (Wildman–Crippen LogP) is 5.45. The average Bonchev–Trinajstić information content (AvgIpc) is 2.70. The Hall–Kier alpha value is -1.81. The molecule has 2 nitrogen and oxygen atoms in total. The molecule has 1 aliphatic rings. The molecule has 27 heavy (non-hydrogen) atoms. The van der Waals surface area contributed by atoms with Gasteiger partial charge >= 0.3 is 7.12 Å². The Bertz CT molecular complexity index is 696. The highest BCUT2D eigenvalue weighted by Crippen LogP contribution is 2.38. The first-order chi connectivity index (χ1) is 13.2. The van der Waals surface area contributed by atoms with Gasteiger partial charge in [0.1, 0.15) is 11.6 Å². The smallest absolute Gasteiger partial charge is 0.532 e. The van der Waals surface area contributed by atoms with Crippen molar-refractivity contribution in [2.24, 2.45) is 5.92 Å². The zero-order valence-electron chi connectivity index (χ0n) is 16.2. The summed E-state index contributed by atoms with van der Waals surface area (Å²) in [6.07, 6.45) is 10.6. The molecule has 0 amide bonds. The fraction of sp³-hybridized carbons (Fsp3) is 0.478. The Labute approximate surface area is 162 Å². The van der Waals surface area contributed by atoms with E-state index in [0.717, 1.165) is 5.92 Å². The van der Waals surface area contributed by atoms with E-state index in [-0.39, 0.29) is 5.46 Å². The lowest BCUT2D eigenvalue weighted by Gasteiger charge is -2.29. The van der Waals surface area contributed by atoms with E-state index in [1.165, 1.54) is 69.1 Å². The highest BCUT2D eigenvalue weighted by atomic mass is 19.1. The molecule has 2 aromatic carbocycles. The van der Waals surface area contributed by atoms with Crippen molar-refractivity contribution in [3.05, 3.63) is 59.9 Å². The normalized spacial score (nSPS) is 19.7. The van der Waals surface area contributed by atoms with Crippen LogP contribution in [-0.2, 0) is 0 Å². The van der Waals surface area contributed by atoms with E-state index < -0.39 is 12.9 Å². The molecular weight excluding hydrogens is 338 g/mol. The van der Waals surface area contributed by atoms with Gasteiger partial charge < -0.3 is 9.68 Å². The minimum Gasteiger partial charge on any atom is -0.532 e. The lowest BCUT2D eigenvalue weighted by Crippen LogP contribution is -2.38. The summed E-state index contributed by atoms with van der Waals surface area (Å²) in [5.41, 5.74) is 1.50. The first-order valence-electron chi connectivity index (χ1n) is 10.4. The van der Waals surface area contributed by atoms with Crippen LogP contribution in [0.2, 0.25) is 0 Å². The molecule has 1 aliphatic carbocycles. The predicted molar refractivity (Wildman–Crippen MR) is 110 cm³/mol. The van der Waals surface area contributed by atoms with Crippen LogP contribution < -0.4 is 10.1 Å². The SMILES string of the molecule is CCCCCC1CCC(c2ccc(OB(O)c3ccccc3F)cc2)CC1. The van der Waals surface area contributed by atoms with Crippen LogP contribution in [0.15, 0.2) is 48.5 Å². The quantitative estimate of drug-likeness (QED) is 0.496. The lowest BCUT2D eigenvalue weighted by molar-refractivity contribution is 0.302. The first kappa shape index (κ1) is 19.9. The Morgan fingerprint density at radius 3 is 2.37 bits per heavy atom. The molecular formula is C23H30BFO2. The van der Waals surface area contributed by atoms with E-state index in [1.54, 1.807) is 12.1 Å². The Kier molecular flexibility index (Phi) is 7.34. The third kappa shape index (κ3) is 5.59. The summed E-state index contributed by atoms with van der Waals surface area (Å²) in [4.78, 5) is 0. The molecule has 144 valence electrons. The van der Waals surface area contributed by atoms with Gasteiger partial charge in [0.25, 0.3) is 0 Å². The van der Waals surface area contributed by atoms with Crippen LogP contribution >= 0.6 is 0 Å². The van der Waals surface area contributed by atoms with Crippen LogP contribution in [0.5, 0.6) is 5.75 Å². The minimum atomic E-state index is -1.30. The van der Waals surface area contributed by atoms with Crippen molar-refractivity contribution in [1.29, 1.82) is 0 Å². The van der Waals surface area contributed by atoms with Gasteiger partial charge in [-0.15, -0.1) is 0 Å². The van der Waals surface area contributed by atoms with Crippen molar-refractivity contribution in [2.45, 2.75) is 64.2 Å². The fourth-order valence-corrected chi connectivity index (χ4v) is 4.15. The van der Waals surface area contributed by atoms with Gasteiger partial charge in [-0.1, -0.05) is 62.9 Å². The van der Waals surface area contributed by atoms with Crippen molar-refractivity contribution < 1.29 is 14.1 Å². The van der Waals surface area contributed by atoms with Gasteiger partial charge in [-0.3, -0.25) is 0 Å². The van der Waals surface area contributed by atoms with E-state index in [2.05, 4.69) is 19.1 Å². The molecule has 0 heterocycles. The number of unbranched alkanes of at least 4 members (excludes halogenated alkanes) is 2. The summed E-state index contributed by atoms with van der Waals surface area (Å²) in [5.74, 6) is 1.63. The van der Waals surface area contributed by atoms with Crippen molar-refractivity contribution in [1.82, 2.24) is 0 Å². The van der Waals surface area contributed by atoms with Crippen LogP contribution in [-0.4, -0.2) is 12.1 Å². The molecule has 0 saturated heterocycles. The van der Waals surface area contributed by atoms with Crippen LogP contribution in [0.4, 0.5) is 4.39 Å². The second-order valence-electron chi connectivity index (χ2n) is 7.77. The van der Waals surface area contributed by atoms with Crippen LogP contribution in [0.1, 0.15) is 69.8 Å². The van der Waals surface area contributed by atoms with Crippen molar-refractivity contribution in [2.75, 3.05) is 0 Å². The molecule has 0 aromatic heterocycles.